The lowest BCUT2D eigenvalue weighted by Crippen LogP contribution is -2.30. The predicted molar refractivity (Wildman–Crippen MR) is 414 cm³/mol. The van der Waals surface area contributed by atoms with Gasteiger partial charge in [0.1, 0.15) is 19.3 Å². The maximum atomic E-state index is 13.1. The summed E-state index contributed by atoms with van der Waals surface area (Å²) in [5.41, 5.74) is 0. The average molecular weight is 1480 g/mol. The summed E-state index contributed by atoms with van der Waals surface area (Å²) in [7, 11) is -9.92. The number of esters is 4. The molecule has 0 radical (unpaired) electrons. The molecule has 0 rings (SSSR count). The first-order valence-corrected chi connectivity index (χ1v) is 45.3. The highest BCUT2D eigenvalue weighted by Gasteiger charge is 2.30. The van der Waals surface area contributed by atoms with Gasteiger partial charge in [0, 0.05) is 25.7 Å². The van der Waals surface area contributed by atoms with Gasteiger partial charge in [0.05, 0.1) is 26.4 Å². The Morgan fingerprint density at radius 1 is 0.267 bits per heavy atom. The van der Waals surface area contributed by atoms with Crippen LogP contribution < -0.4 is 0 Å². The van der Waals surface area contributed by atoms with Gasteiger partial charge in [0.2, 0.25) is 0 Å². The van der Waals surface area contributed by atoms with Gasteiger partial charge < -0.3 is 33.8 Å². The van der Waals surface area contributed by atoms with E-state index in [0.717, 1.165) is 108 Å². The quantitative estimate of drug-likeness (QED) is 0.0222. The van der Waals surface area contributed by atoms with Crippen molar-refractivity contribution in [2.24, 2.45) is 17.8 Å². The normalized spacial score (nSPS) is 14.0. The van der Waals surface area contributed by atoms with Crippen LogP contribution in [-0.2, 0) is 65.4 Å². The van der Waals surface area contributed by atoms with E-state index in [0.29, 0.717) is 25.7 Å². The summed E-state index contributed by atoms with van der Waals surface area (Å²) in [6, 6.07) is 0. The van der Waals surface area contributed by atoms with Crippen LogP contribution in [0.4, 0.5) is 0 Å². The minimum Gasteiger partial charge on any atom is -0.462 e. The summed E-state index contributed by atoms with van der Waals surface area (Å²) in [5, 5.41) is 10.6. The Hall–Kier alpha value is -1.94. The van der Waals surface area contributed by atoms with E-state index >= 15 is 0 Å². The minimum atomic E-state index is -4.96. The Morgan fingerprint density at radius 3 is 0.673 bits per heavy atom. The van der Waals surface area contributed by atoms with Crippen LogP contribution in [0.3, 0.4) is 0 Å². The molecule has 0 aliphatic carbocycles. The van der Waals surface area contributed by atoms with E-state index in [1.807, 2.05) is 0 Å². The molecule has 0 aromatic heterocycles. The number of rotatable bonds is 80. The molecule has 0 fully saturated rings. The van der Waals surface area contributed by atoms with Gasteiger partial charge in [0.25, 0.3) is 0 Å². The van der Waals surface area contributed by atoms with Crippen molar-refractivity contribution in [3.8, 4) is 0 Å². The van der Waals surface area contributed by atoms with Crippen molar-refractivity contribution in [1.82, 2.24) is 0 Å². The Kier molecular flexibility index (Phi) is 70.9. The van der Waals surface area contributed by atoms with Crippen molar-refractivity contribution in [1.29, 1.82) is 0 Å². The predicted octanol–water partition coefficient (Wildman–Crippen LogP) is 24.5. The molecule has 0 heterocycles. The molecule has 5 atom stereocenters. The zero-order valence-corrected chi connectivity index (χ0v) is 68.2. The molecule has 0 spiro atoms. The van der Waals surface area contributed by atoms with E-state index in [2.05, 4.69) is 48.5 Å². The van der Waals surface area contributed by atoms with Gasteiger partial charge in [-0.2, -0.15) is 0 Å². The molecule has 0 amide bonds. The second kappa shape index (κ2) is 72.3. The van der Waals surface area contributed by atoms with Crippen molar-refractivity contribution in [3.05, 3.63) is 0 Å². The lowest BCUT2D eigenvalue weighted by Gasteiger charge is -2.21. The molecule has 19 heteroatoms. The van der Waals surface area contributed by atoms with Crippen LogP contribution in [0.2, 0.25) is 0 Å². The number of unbranched alkanes of at least 4 members (excludes halogenated alkanes) is 48. The van der Waals surface area contributed by atoms with E-state index in [1.54, 1.807) is 0 Å². The van der Waals surface area contributed by atoms with E-state index in [4.69, 9.17) is 37.0 Å². The largest absolute Gasteiger partial charge is 0.472 e. The zero-order valence-electron chi connectivity index (χ0n) is 66.4. The number of carbonyl (C=O) groups excluding carboxylic acids is 4. The molecule has 0 bridgehead atoms. The number of aliphatic hydroxyl groups excluding tert-OH is 1. The van der Waals surface area contributed by atoms with Gasteiger partial charge in [-0.15, -0.1) is 0 Å². The molecule has 600 valence electrons. The van der Waals surface area contributed by atoms with E-state index < -0.39 is 97.5 Å². The van der Waals surface area contributed by atoms with Crippen LogP contribution in [0.1, 0.15) is 427 Å². The van der Waals surface area contributed by atoms with Crippen LogP contribution in [-0.4, -0.2) is 96.7 Å². The molecular formula is C82H160O17P2. The van der Waals surface area contributed by atoms with Crippen LogP contribution in [0, 0.1) is 17.8 Å². The van der Waals surface area contributed by atoms with Gasteiger partial charge in [-0.25, -0.2) is 9.13 Å². The maximum absolute atomic E-state index is 13.1. The van der Waals surface area contributed by atoms with Crippen molar-refractivity contribution < 1.29 is 80.2 Å². The van der Waals surface area contributed by atoms with Crippen LogP contribution in [0.25, 0.3) is 0 Å². The van der Waals surface area contributed by atoms with E-state index in [9.17, 15) is 43.2 Å². The molecule has 0 aliphatic rings. The summed E-state index contributed by atoms with van der Waals surface area (Å²) in [6.45, 7) is 12.0. The number of carbonyl (C=O) groups is 4. The molecule has 101 heavy (non-hydrogen) atoms. The lowest BCUT2D eigenvalue weighted by atomic mass is 10.0. The summed E-state index contributed by atoms with van der Waals surface area (Å²) < 4.78 is 68.7. The topological polar surface area (TPSA) is 237 Å². The highest BCUT2D eigenvalue weighted by Crippen LogP contribution is 2.45. The molecular weight excluding hydrogens is 1320 g/mol. The monoisotopic (exact) mass is 1480 g/mol. The third-order valence-electron chi connectivity index (χ3n) is 19.1. The summed E-state index contributed by atoms with van der Waals surface area (Å²) >= 11 is 0. The first-order valence-electron chi connectivity index (χ1n) is 42.3. The number of hydrogen-bond acceptors (Lipinski definition) is 15. The molecule has 3 N–H and O–H groups in total. The summed E-state index contributed by atoms with van der Waals surface area (Å²) in [6.07, 6.45) is 61.0. The van der Waals surface area contributed by atoms with Crippen molar-refractivity contribution in [2.45, 2.75) is 446 Å². The number of hydrogen-bond donors (Lipinski definition) is 3. The number of aliphatic hydroxyl groups is 1. The Balaban J connectivity index is 5.23. The zero-order chi connectivity index (χ0) is 74.4. The van der Waals surface area contributed by atoms with Crippen LogP contribution in [0.5, 0.6) is 0 Å². The molecule has 2 unspecified atom stereocenters. The third-order valence-corrected chi connectivity index (χ3v) is 21.0. The van der Waals surface area contributed by atoms with Gasteiger partial charge in [-0.1, -0.05) is 376 Å². The average Bonchev–Trinajstić information content (AvgIpc) is 1.05. The second-order valence-electron chi connectivity index (χ2n) is 30.9. The molecule has 0 saturated carbocycles. The second-order valence-corrected chi connectivity index (χ2v) is 33.8. The molecule has 0 aliphatic heterocycles. The highest BCUT2D eigenvalue weighted by molar-refractivity contribution is 7.47. The minimum absolute atomic E-state index is 0.106. The van der Waals surface area contributed by atoms with Crippen molar-refractivity contribution >= 4 is 39.5 Å². The van der Waals surface area contributed by atoms with Gasteiger partial charge in [-0.3, -0.25) is 37.3 Å². The Bertz CT molecular complexity index is 1960. The van der Waals surface area contributed by atoms with Crippen LogP contribution >= 0.6 is 15.6 Å². The van der Waals surface area contributed by atoms with Crippen LogP contribution in [0.15, 0.2) is 0 Å². The molecule has 0 saturated heterocycles. The van der Waals surface area contributed by atoms with Crippen molar-refractivity contribution in [2.75, 3.05) is 39.6 Å². The standard InChI is InChI=1S/C82H160O17P2/c1-8-9-10-11-12-13-35-42-49-56-63-79(84)92-69-77(99-82(87)66-59-52-45-38-31-30-34-41-48-55-62-75(6)7)71-96-100(88,89)94-67-76(83)68-95-101(90,91)97-72-78(98-81(86)65-58-51-44-37-29-25-21-17-15-19-23-27-33-40-47-54-61-74(4)5)70-93-80(85)64-57-50-43-36-28-24-20-16-14-18-22-26-32-39-46-53-60-73(2)3/h73-78,83H,8-72H2,1-7H3,(H,88,89)(H,90,91)/t76-,77+,78+/m0/s1. The first kappa shape index (κ1) is 99.1. The van der Waals surface area contributed by atoms with Gasteiger partial charge >= 0.3 is 39.5 Å². The van der Waals surface area contributed by atoms with Gasteiger partial charge in [-0.05, 0) is 43.4 Å². The van der Waals surface area contributed by atoms with Gasteiger partial charge in [0.15, 0.2) is 12.2 Å². The smallest absolute Gasteiger partial charge is 0.462 e. The molecule has 0 aromatic rings. The highest BCUT2D eigenvalue weighted by atomic mass is 31.2. The fourth-order valence-electron chi connectivity index (χ4n) is 12.7. The number of ether oxygens (including phenoxy) is 4. The Labute approximate surface area is 619 Å². The SMILES string of the molecule is CCCCCCCCCCCCC(=O)OC[C@H](COP(=O)(O)OC[C@H](O)COP(=O)(O)OC[C@@H](COC(=O)CCCCCCCCCCCCCCCCCCC(C)C)OC(=O)CCCCCCCCCCCCCCCCCCC(C)C)OC(=O)CCCCCCCCCCCCC(C)C. The fraction of sp³-hybridized carbons (Fsp3) is 0.951. The van der Waals surface area contributed by atoms with Crippen molar-refractivity contribution in [3.63, 3.8) is 0 Å². The summed E-state index contributed by atoms with van der Waals surface area (Å²) in [4.78, 5) is 73.0. The van der Waals surface area contributed by atoms with E-state index in [1.165, 1.54) is 238 Å². The summed E-state index contributed by atoms with van der Waals surface area (Å²) in [5.74, 6) is 0.264. The number of phosphoric acid groups is 2. The Morgan fingerprint density at radius 2 is 0.455 bits per heavy atom. The van der Waals surface area contributed by atoms with E-state index in [-0.39, 0.29) is 25.7 Å². The fourth-order valence-corrected chi connectivity index (χ4v) is 14.2. The molecule has 0 aromatic carbocycles. The number of phosphoric ester groups is 2. The maximum Gasteiger partial charge on any atom is 0.472 e. The first-order chi connectivity index (χ1) is 48.7. The third kappa shape index (κ3) is 76.1. The lowest BCUT2D eigenvalue weighted by molar-refractivity contribution is -0.161. The molecule has 17 nitrogen and oxygen atoms in total.